The van der Waals surface area contributed by atoms with E-state index >= 15 is 0 Å². The summed E-state index contributed by atoms with van der Waals surface area (Å²) in [6.45, 7) is 13.8. The van der Waals surface area contributed by atoms with E-state index in [9.17, 15) is 4.79 Å². The first kappa shape index (κ1) is 18.4. The maximum Gasteiger partial charge on any atom is 0.326 e. The Kier molecular flexibility index (Phi) is 8.26. The molecule has 0 aliphatic rings. The molecule has 0 saturated heterocycles. The van der Waals surface area contributed by atoms with Crippen LogP contribution in [0, 0.1) is 0 Å². The highest BCUT2D eigenvalue weighted by atomic mass is 16.5. The maximum absolute atomic E-state index is 12.0. The van der Waals surface area contributed by atoms with E-state index in [4.69, 9.17) is 9.47 Å². The van der Waals surface area contributed by atoms with E-state index in [2.05, 4.69) is 26.1 Å². The van der Waals surface area contributed by atoms with Crippen LogP contribution >= 0.6 is 0 Å². The number of likely N-dealkylation sites (N-methyl/N-ethyl adjacent to an activating group) is 1. The Morgan fingerprint density at radius 3 is 2.26 bits per heavy atom. The van der Waals surface area contributed by atoms with Crippen LogP contribution in [0.3, 0.4) is 0 Å². The fourth-order valence-electron chi connectivity index (χ4n) is 1.82. The summed E-state index contributed by atoms with van der Waals surface area (Å²) >= 11 is 0. The number of rotatable bonds is 10. The van der Waals surface area contributed by atoms with Gasteiger partial charge in [-0.2, -0.15) is 0 Å². The molecule has 0 amide bonds. The number of ether oxygens (including phenoxy) is 2. The number of hydrogen-bond donors (Lipinski definition) is 1. The largest absolute Gasteiger partial charge is 0.465 e. The molecule has 114 valence electrons. The predicted octanol–water partition coefficient (Wildman–Crippen LogP) is 2.90. The summed E-state index contributed by atoms with van der Waals surface area (Å²) in [6, 6.07) is 0. The zero-order chi connectivity index (χ0) is 14.9. The van der Waals surface area contributed by atoms with Crippen molar-refractivity contribution in [3.8, 4) is 0 Å². The van der Waals surface area contributed by atoms with E-state index in [1.807, 2.05) is 20.8 Å². The van der Waals surface area contributed by atoms with Gasteiger partial charge in [-0.05, 0) is 53.5 Å². The quantitative estimate of drug-likeness (QED) is 0.491. The minimum absolute atomic E-state index is 0.0848. The van der Waals surface area contributed by atoms with Crippen LogP contribution in [0.2, 0.25) is 0 Å². The molecule has 0 aliphatic heterocycles. The van der Waals surface area contributed by atoms with Gasteiger partial charge in [-0.15, -0.1) is 0 Å². The average molecular weight is 273 g/mol. The van der Waals surface area contributed by atoms with Crippen molar-refractivity contribution in [3.05, 3.63) is 0 Å². The molecule has 4 nitrogen and oxygen atoms in total. The van der Waals surface area contributed by atoms with Crippen LogP contribution in [-0.4, -0.2) is 36.9 Å². The maximum atomic E-state index is 12.0. The van der Waals surface area contributed by atoms with Gasteiger partial charge in [0.25, 0.3) is 0 Å². The standard InChI is InChI=1S/C15H31NO3/c1-7-14(4,5)19-12-10-11-15(6,16-8-2)13(17)18-9-3/h16H,7-12H2,1-6H3. The smallest absolute Gasteiger partial charge is 0.326 e. The summed E-state index contributed by atoms with van der Waals surface area (Å²) in [5.74, 6) is -0.174. The van der Waals surface area contributed by atoms with E-state index in [1.54, 1.807) is 0 Å². The molecule has 0 aromatic carbocycles. The van der Waals surface area contributed by atoms with Gasteiger partial charge in [-0.1, -0.05) is 13.8 Å². The zero-order valence-electron chi connectivity index (χ0n) is 13.5. The van der Waals surface area contributed by atoms with Gasteiger partial charge in [0.15, 0.2) is 0 Å². The van der Waals surface area contributed by atoms with Crippen molar-refractivity contribution in [1.29, 1.82) is 0 Å². The predicted molar refractivity (Wildman–Crippen MR) is 78.3 cm³/mol. The SMILES string of the molecule is CCNC(C)(CCCOC(C)(C)CC)C(=O)OCC. The first-order chi connectivity index (χ1) is 8.81. The van der Waals surface area contributed by atoms with Crippen LogP contribution < -0.4 is 5.32 Å². The molecular formula is C15H31NO3. The Morgan fingerprint density at radius 1 is 1.16 bits per heavy atom. The number of esters is 1. The molecule has 0 aliphatic carbocycles. The van der Waals surface area contributed by atoms with Crippen molar-refractivity contribution in [2.24, 2.45) is 0 Å². The third-order valence-corrected chi connectivity index (χ3v) is 3.46. The van der Waals surface area contributed by atoms with Crippen molar-refractivity contribution in [2.75, 3.05) is 19.8 Å². The fraction of sp³-hybridized carbons (Fsp3) is 0.933. The molecule has 1 atom stereocenters. The normalized spacial score (nSPS) is 15.1. The summed E-state index contributed by atoms with van der Waals surface area (Å²) in [6.07, 6.45) is 2.54. The molecule has 0 radical (unpaired) electrons. The Bertz CT molecular complexity index is 266. The average Bonchev–Trinajstić information content (AvgIpc) is 2.35. The number of carbonyl (C=O) groups excluding carboxylic acids is 1. The van der Waals surface area contributed by atoms with Crippen LogP contribution in [0.25, 0.3) is 0 Å². The van der Waals surface area contributed by atoms with E-state index in [0.717, 1.165) is 25.8 Å². The highest BCUT2D eigenvalue weighted by Crippen LogP contribution is 2.18. The van der Waals surface area contributed by atoms with Crippen LogP contribution in [0.15, 0.2) is 0 Å². The zero-order valence-corrected chi connectivity index (χ0v) is 13.5. The lowest BCUT2D eigenvalue weighted by Crippen LogP contribution is -2.50. The second-order valence-corrected chi connectivity index (χ2v) is 5.65. The van der Waals surface area contributed by atoms with Crippen LogP contribution in [0.1, 0.15) is 60.8 Å². The molecule has 19 heavy (non-hydrogen) atoms. The van der Waals surface area contributed by atoms with Gasteiger partial charge in [0.1, 0.15) is 5.54 Å². The molecule has 0 spiro atoms. The Morgan fingerprint density at radius 2 is 1.79 bits per heavy atom. The molecule has 0 aromatic heterocycles. The molecule has 0 saturated carbocycles. The first-order valence-corrected chi connectivity index (χ1v) is 7.37. The van der Waals surface area contributed by atoms with Gasteiger partial charge in [0.05, 0.1) is 12.2 Å². The lowest BCUT2D eigenvalue weighted by Gasteiger charge is -2.29. The van der Waals surface area contributed by atoms with E-state index < -0.39 is 5.54 Å². The first-order valence-electron chi connectivity index (χ1n) is 7.37. The lowest BCUT2D eigenvalue weighted by atomic mass is 9.96. The van der Waals surface area contributed by atoms with Crippen LogP contribution in [-0.2, 0) is 14.3 Å². The van der Waals surface area contributed by atoms with Gasteiger partial charge in [0, 0.05) is 6.61 Å². The highest BCUT2D eigenvalue weighted by Gasteiger charge is 2.33. The summed E-state index contributed by atoms with van der Waals surface area (Å²) < 4.78 is 10.9. The van der Waals surface area contributed by atoms with E-state index in [0.29, 0.717) is 13.2 Å². The van der Waals surface area contributed by atoms with Crippen LogP contribution in [0.5, 0.6) is 0 Å². The lowest BCUT2D eigenvalue weighted by molar-refractivity contribution is -0.151. The van der Waals surface area contributed by atoms with E-state index in [-0.39, 0.29) is 11.6 Å². The third kappa shape index (κ3) is 6.92. The van der Waals surface area contributed by atoms with Crippen molar-refractivity contribution < 1.29 is 14.3 Å². The molecule has 1 N–H and O–H groups in total. The summed E-state index contributed by atoms with van der Waals surface area (Å²) in [5.41, 5.74) is -0.691. The third-order valence-electron chi connectivity index (χ3n) is 3.46. The molecular weight excluding hydrogens is 242 g/mol. The van der Waals surface area contributed by atoms with Crippen molar-refractivity contribution >= 4 is 5.97 Å². The molecule has 0 bridgehead atoms. The van der Waals surface area contributed by atoms with E-state index in [1.165, 1.54) is 0 Å². The second-order valence-electron chi connectivity index (χ2n) is 5.65. The van der Waals surface area contributed by atoms with Gasteiger partial charge in [0.2, 0.25) is 0 Å². The number of carbonyl (C=O) groups is 1. The topological polar surface area (TPSA) is 47.6 Å². The van der Waals surface area contributed by atoms with Crippen molar-refractivity contribution in [1.82, 2.24) is 5.32 Å². The van der Waals surface area contributed by atoms with Crippen molar-refractivity contribution in [2.45, 2.75) is 71.9 Å². The fourth-order valence-corrected chi connectivity index (χ4v) is 1.82. The Hall–Kier alpha value is -0.610. The van der Waals surface area contributed by atoms with Gasteiger partial charge in [-0.25, -0.2) is 0 Å². The van der Waals surface area contributed by atoms with Crippen molar-refractivity contribution in [3.63, 3.8) is 0 Å². The minimum Gasteiger partial charge on any atom is -0.465 e. The van der Waals surface area contributed by atoms with Crippen LogP contribution in [0.4, 0.5) is 0 Å². The molecule has 1 unspecified atom stereocenters. The summed E-state index contributed by atoms with van der Waals surface area (Å²) in [7, 11) is 0. The molecule has 0 fully saturated rings. The molecule has 0 heterocycles. The van der Waals surface area contributed by atoms with Gasteiger partial charge >= 0.3 is 5.97 Å². The number of hydrogen-bond acceptors (Lipinski definition) is 4. The summed E-state index contributed by atoms with van der Waals surface area (Å²) in [5, 5.41) is 3.23. The monoisotopic (exact) mass is 273 g/mol. The molecule has 4 heteroatoms. The molecule has 0 rings (SSSR count). The highest BCUT2D eigenvalue weighted by molar-refractivity contribution is 5.80. The number of nitrogens with one attached hydrogen (secondary N) is 1. The summed E-state index contributed by atoms with van der Waals surface area (Å²) in [4.78, 5) is 12.0. The molecule has 0 aromatic rings. The van der Waals surface area contributed by atoms with Gasteiger partial charge in [-0.3, -0.25) is 4.79 Å². The van der Waals surface area contributed by atoms with Gasteiger partial charge < -0.3 is 14.8 Å². The second kappa shape index (κ2) is 8.54. The Labute approximate surface area is 118 Å². The Balaban J connectivity index is 4.25. The minimum atomic E-state index is -0.607.